The van der Waals surface area contributed by atoms with E-state index in [4.69, 9.17) is 9.47 Å². The topological polar surface area (TPSA) is 73.7 Å². The van der Waals surface area contributed by atoms with Crippen LogP contribution in [0.1, 0.15) is 28.8 Å². The summed E-state index contributed by atoms with van der Waals surface area (Å²) in [5, 5.41) is 4.68. The van der Waals surface area contributed by atoms with Crippen LogP contribution in [0.5, 0.6) is 11.5 Å². The van der Waals surface area contributed by atoms with Gasteiger partial charge in [-0.2, -0.15) is 5.10 Å². The summed E-state index contributed by atoms with van der Waals surface area (Å²) >= 11 is 0. The molecule has 33 heavy (non-hydrogen) atoms. The molecule has 0 unspecified atom stereocenters. The van der Waals surface area contributed by atoms with E-state index in [9.17, 15) is 9.59 Å². The van der Waals surface area contributed by atoms with Crippen LogP contribution in [0, 0.1) is 12.8 Å². The second kappa shape index (κ2) is 9.10. The van der Waals surface area contributed by atoms with Gasteiger partial charge in [0.05, 0.1) is 5.69 Å². The van der Waals surface area contributed by atoms with Crippen LogP contribution in [0.15, 0.2) is 59.4 Å². The second-order valence-electron chi connectivity index (χ2n) is 8.66. The molecule has 5 rings (SSSR count). The maximum Gasteiger partial charge on any atom is 0.267 e. The number of hydrogen-bond acceptors (Lipinski definition) is 5. The zero-order valence-corrected chi connectivity index (χ0v) is 18.7. The number of amides is 1. The first-order valence-electron chi connectivity index (χ1n) is 11.4. The van der Waals surface area contributed by atoms with Crippen molar-refractivity contribution < 1.29 is 14.3 Å². The van der Waals surface area contributed by atoms with Crippen LogP contribution in [0.4, 0.5) is 0 Å². The van der Waals surface area contributed by atoms with Crippen LogP contribution >= 0.6 is 0 Å². The molecule has 1 saturated heterocycles. The van der Waals surface area contributed by atoms with E-state index in [0.29, 0.717) is 55.8 Å². The first-order valence-corrected chi connectivity index (χ1v) is 11.4. The van der Waals surface area contributed by atoms with E-state index in [1.807, 2.05) is 42.2 Å². The van der Waals surface area contributed by atoms with Crippen LogP contribution in [0.2, 0.25) is 0 Å². The molecule has 170 valence electrons. The normalized spacial score (nSPS) is 16.0. The Bertz CT molecular complexity index is 1210. The molecule has 0 atom stereocenters. The van der Waals surface area contributed by atoms with Crippen molar-refractivity contribution in [2.24, 2.45) is 5.92 Å². The van der Waals surface area contributed by atoms with Crippen molar-refractivity contribution in [3.8, 4) is 22.8 Å². The lowest BCUT2D eigenvalue weighted by molar-refractivity contribution is 0.0679. The van der Waals surface area contributed by atoms with E-state index in [-0.39, 0.29) is 11.5 Å². The first-order chi connectivity index (χ1) is 16.1. The van der Waals surface area contributed by atoms with Gasteiger partial charge in [-0.15, -0.1) is 0 Å². The fourth-order valence-electron chi connectivity index (χ4n) is 4.51. The average molecular weight is 446 g/mol. The van der Waals surface area contributed by atoms with Crippen molar-refractivity contribution in [3.05, 3.63) is 76.1 Å². The van der Waals surface area contributed by atoms with E-state index in [1.165, 1.54) is 0 Å². The number of aryl methyl sites for hydroxylation is 1. The third-order valence-corrected chi connectivity index (χ3v) is 6.36. The Balaban J connectivity index is 1.25. The number of rotatable bonds is 4. The molecule has 0 spiro atoms. The number of likely N-dealkylation sites (tertiary alicyclic amines) is 1. The lowest BCUT2D eigenvalue weighted by Crippen LogP contribution is -2.40. The minimum Gasteiger partial charge on any atom is -0.486 e. The molecule has 1 aromatic heterocycles. The smallest absolute Gasteiger partial charge is 0.267 e. The molecule has 3 heterocycles. The second-order valence-corrected chi connectivity index (χ2v) is 8.66. The van der Waals surface area contributed by atoms with Gasteiger partial charge in [-0.05, 0) is 49.4 Å². The fraction of sp³-hybridized carbons (Fsp3) is 0.346. The summed E-state index contributed by atoms with van der Waals surface area (Å²) < 4.78 is 12.7. The Labute approximate surface area is 192 Å². The quantitative estimate of drug-likeness (QED) is 0.614. The number of fused-ring (bicyclic) bond motifs is 1. The molecule has 0 N–H and O–H groups in total. The summed E-state index contributed by atoms with van der Waals surface area (Å²) in [6.45, 7) is 4.82. The van der Waals surface area contributed by atoms with Gasteiger partial charge >= 0.3 is 0 Å². The number of aromatic nitrogens is 2. The summed E-state index contributed by atoms with van der Waals surface area (Å²) in [5.74, 6) is 1.61. The largest absolute Gasteiger partial charge is 0.486 e. The van der Waals surface area contributed by atoms with Gasteiger partial charge in [0.15, 0.2) is 11.5 Å². The number of ether oxygens (including phenoxy) is 2. The van der Waals surface area contributed by atoms with E-state index in [1.54, 1.807) is 28.9 Å². The van der Waals surface area contributed by atoms with Crippen molar-refractivity contribution in [3.63, 3.8) is 0 Å². The molecule has 2 aliphatic rings. The Morgan fingerprint density at radius 2 is 1.73 bits per heavy atom. The van der Waals surface area contributed by atoms with Crippen molar-refractivity contribution in [1.29, 1.82) is 0 Å². The summed E-state index contributed by atoms with van der Waals surface area (Å²) in [6, 6.07) is 16.9. The standard InChI is InChI=1S/C26H27N3O4/c1-18-15-24(30)29(27-25(18)20-5-3-2-4-6-20)17-19-9-11-28(12-10-19)26(31)21-7-8-22-23(16-21)33-14-13-32-22/h2-8,15-16,19H,9-14,17H2,1H3. The highest BCUT2D eigenvalue weighted by molar-refractivity contribution is 5.95. The van der Waals surface area contributed by atoms with Crippen molar-refractivity contribution >= 4 is 5.91 Å². The van der Waals surface area contributed by atoms with Crippen LogP contribution in [-0.4, -0.2) is 46.9 Å². The minimum absolute atomic E-state index is 0.00224. The maximum absolute atomic E-state index is 13.0. The predicted molar refractivity (Wildman–Crippen MR) is 125 cm³/mol. The Hall–Kier alpha value is -3.61. The molecule has 2 aliphatic heterocycles. The van der Waals surface area contributed by atoms with E-state index < -0.39 is 0 Å². The highest BCUT2D eigenvalue weighted by atomic mass is 16.6. The Morgan fingerprint density at radius 3 is 2.48 bits per heavy atom. The first kappa shape index (κ1) is 21.2. The molecular formula is C26H27N3O4. The summed E-state index contributed by atoms with van der Waals surface area (Å²) in [4.78, 5) is 27.5. The number of hydrogen-bond donors (Lipinski definition) is 0. The molecule has 1 amide bonds. The number of piperidine rings is 1. The minimum atomic E-state index is -0.0815. The van der Waals surface area contributed by atoms with E-state index in [0.717, 1.165) is 29.7 Å². The van der Waals surface area contributed by atoms with Gasteiger partial charge in [-0.3, -0.25) is 9.59 Å². The van der Waals surface area contributed by atoms with Gasteiger partial charge in [0.2, 0.25) is 0 Å². The van der Waals surface area contributed by atoms with Gasteiger partial charge in [-0.1, -0.05) is 30.3 Å². The van der Waals surface area contributed by atoms with Gasteiger partial charge in [0, 0.05) is 36.8 Å². The van der Waals surface area contributed by atoms with Crippen molar-refractivity contribution in [2.45, 2.75) is 26.3 Å². The molecule has 7 nitrogen and oxygen atoms in total. The lowest BCUT2D eigenvalue weighted by Gasteiger charge is -2.32. The third kappa shape index (κ3) is 4.49. The molecule has 0 bridgehead atoms. The fourth-order valence-corrected chi connectivity index (χ4v) is 4.51. The third-order valence-electron chi connectivity index (χ3n) is 6.36. The summed E-state index contributed by atoms with van der Waals surface area (Å²) in [6.07, 6.45) is 1.66. The highest BCUT2D eigenvalue weighted by Gasteiger charge is 2.26. The van der Waals surface area contributed by atoms with Gasteiger partial charge in [-0.25, -0.2) is 4.68 Å². The molecule has 0 radical (unpaired) electrons. The van der Waals surface area contributed by atoms with E-state index in [2.05, 4.69) is 5.10 Å². The SMILES string of the molecule is Cc1cc(=O)n(CC2CCN(C(=O)c3ccc4c(c3)OCCO4)CC2)nc1-c1ccccc1. The van der Waals surface area contributed by atoms with Gasteiger partial charge in [0.1, 0.15) is 13.2 Å². The number of carbonyl (C=O) groups excluding carboxylic acids is 1. The van der Waals surface area contributed by atoms with Crippen LogP contribution in [-0.2, 0) is 6.54 Å². The molecule has 1 fully saturated rings. The molecular weight excluding hydrogens is 418 g/mol. The molecule has 3 aromatic rings. The number of benzene rings is 2. The zero-order valence-electron chi connectivity index (χ0n) is 18.7. The van der Waals surface area contributed by atoms with Crippen LogP contribution in [0.25, 0.3) is 11.3 Å². The Morgan fingerprint density at radius 1 is 1.00 bits per heavy atom. The van der Waals surface area contributed by atoms with Gasteiger partial charge in [0.25, 0.3) is 11.5 Å². The predicted octanol–water partition coefficient (Wildman–Crippen LogP) is 3.54. The monoisotopic (exact) mass is 445 g/mol. The van der Waals surface area contributed by atoms with Crippen LogP contribution < -0.4 is 15.0 Å². The van der Waals surface area contributed by atoms with Crippen molar-refractivity contribution in [1.82, 2.24) is 14.7 Å². The van der Waals surface area contributed by atoms with Crippen LogP contribution in [0.3, 0.4) is 0 Å². The highest BCUT2D eigenvalue weighted by Crippen LogP contribution is 2.31. The molecule has 2 aromatic carbocycles. The van der Waals surface area contributed by atoms with E-state index >= 15 is 0 Å². The lowest BCUT2D eigenvalue weighted by atomic mass is 9.96. The maximum atomic E-state index is 13.0. The molecule has 0 aliphatic carbocycles. The number of nitrogens with zero attached hydrogens (tertiary/aromatic N) is 3. The van der Waals surface area contributed by atoms with Gasteiger partial charge < -0.3 is 14.4 Å². The summed E-state index contributed by atoms with van der Waals surface area (Å²) in [5.41, 5.74) is 3.25. The van der Waals surface area contributed by atoms with Crippen molar-refractivity contribution in [2.75, 3.05) is 26.3 Å². The molecule has 7 heteroatoms. The zero-order chi connectivity index (χ0) is 22.8. The average Bonchev–Trinajstić information content (AvgIpc) is 2.86. The Kier molecular flexibility index (Phi) is 5.86. The molecule has 0 saturated carbocycles. The number of carbonyl (C=O) groups is 1. The summed E-state index contributed by atoms with van der Waals surface area (Å²) in [7, 11) is 0.